The Bertz CT molecular complexity index is 330. The average Bonchev–Trinajstić information content (AvgIpc) is 2.31. The number of rotatable bonds is 8. The zero-order chi connectivity index (χ0) is 14.2. The van der Waals surface area contributed by atoms with Gasteiger partial charge in [-0.3, -0.25) is 9.59 Å². The first kappa shape index (κ1) is 16.4. The van der Waals surface area contributed by atoms with Crippen LogP contribution in [0.5, 0.6) is 0 Å². The smallest absolute Gasteiger partial charge is 0.306 e. The van der Waals surface area contributed by atoms with E-state index in [9.17, 15) is 9.59 Å². The number of carboxylic acid groups (broad SMARTS) is 1. The van der Waals surface area contributed by atoms with E-state index in [2.05, 4.69) is 6.07 Å². The van der Waals surface area contributed by atoms with Crippen LogP contribution in [0.2, 0.25) is 0 Å². The van der Waals surface area contributed by atoms with Gasteiger partial charge in [0.1, 0.15) is 6.10 Å². The van der Waals surface area contributed by atoms with Crippen LogP contribution in [0.25, 0.3) is 0 Å². The summed E-state index contributed by atoms with van der Waals surface area (Å²) in [7, 11) is 0. The zero-order valence-electron chi connectivity index (χ0n) is 11.2. The predicted octanol–water partition coefficient (Wildman–Crippen LogP) is 2.50. The SMILES string of the molecule is CCC(OC(=O)CCCCC(=O)O)C(C)(C)C#N. The van der Waals surface area contributed by atoms with E-state index in [0.29, 0.717) is 19.3 Å². The Kier molecular flexibility index (Phi) is 7.03. The Labute approximate surface area is 108 Å². The number of esters is 1. The molecule has 18 heavy (non-hydrogen) atoms. The molecule has 1 unspecified atom stereocenters. The number of carbonyl (C=O) groups excluding carboxylic acids is 1. The first-order chi connectivity index (χ1) is 8.33. The number of unbranched alkanes of at least 4 members (excludes halogenated alkanes) is 1. The monoisotopic (exact) mass is 255 g/mol. The minimum Gasteiger partial charge on any atom is -0.481 e. The van der Waals surface area contributed by atoms with E-state index in [1.807, 2.05) is 6.92 Å². The van der Waals surface area contributed by atoms with Crippen LogP contribution in [0.4, 0.5) is 0 Å². The molecule has 0 aliphatic heterocycles. The summed E-state index contributed by atoms with van der Waals surface area (Å²) in [5.41, 5.74) is -0.703. The fourth-order valence-corrected chi connectivity index (χ4v) is 1.58. The minimum atomic E-state index is -0.861. The van der Waals surface area contributed by atoms with Gasteiger partial charge < -0.3 is 9.84 Å². The summed E-state index contributed by atoms with van der Waals surface area (Å²) in [6, 6.07) is 2.12. The Morgan fingerprint density at radius 3 is 2.33 bits per heavy atom. The summed E-state index contributed by atoms with van der Waals surface area (Å²) in [5, 5.41) is 17.4. The van der Waals surface area contributed by atoms with Crippen molar-refractivity contribution < 1.29 is 19.4 Å². The molecule has 0 heterocycles. The normalized spacial score (nSPS) is 12.6. The van der Waals surface area contributed by atoms with Gasteiger partial charge in [-0.05, 0) is 33.1 Å². The van der Waals surface area contributed by atoms with Gasteiger partial charge in [-0.1, -0.05) is 6.92 Å². The van der Waals surface area contributed by atoms with Crippen LogP contribution in [-0.4, -0.2) is 23.1 Å². The number of ether oxygens (including phenoxy) is 1. The number of aliphatic carboxylic acids is 1. The van der Waals surface area contributed by atoms with Crippen molar-refractivity contribution in [3.05, 3.63) is 0 Å². The lowest BCUT2D eigenvalue weighted by molar-refractivity contribution is -0.153. The summed E-state index contributed by atoms with van der Waals surface area (Å²) in [5.74, 6) is -1.23. The topological polar surface area (TPSA) is 87.4 Å². The molecule has 0 radical (unpaired) electrons. The average molecular weight is 255 g/mol. The largest absolute Gasteiger partial charge is 0.481 e. The summed E-state index contributed by atoms with van der Waals surface area (Å²) in [6.45, 7) is 5.33. The molecule has 5 heteroatoms. The predicted molar refractivity (Wildman–Crippen MR) is 65.7 cm³/mol. The third-order valence-electron chi connectivity index (χ3n) is 2.76. The van der Waals surface area contributed by atoms with Crippen LogP contribution < -0.4 is 0 Å². The van der Waals surface area contributed by atoms with Crippen LogP contribution in [0.1, 0.15) is 52.9 Å². The molecule has 0 amide bonds. The number of hydrogen-bond donors (Lipinski definition) is 1. The van der Waals surface area contributed by atoms with Gasteiger partial charge >= 0.3 is 11.9 Å². The summed E-state index contributed by atoms with van der Waals surface area (Å²) in [6.07, 6.45) is 1.38. The lowest BCUT2D eigenvalue weighted by Gasteiger charge is -2.26. The highest BCUT2D eigenvalue weighted by molar-refractivity contribution is 5.70. The molecule has 0 fully saturated rings. The van der Waals surface area contributed by atoms with Crippen molar-refractivity contribution in [2.24, 2.45) is 5.41 Å². The Hall–Kier alpha value is -1.57. The molecule has 102 valence electrons. The molecule has 0 aliphatic carbocycles. The summed E-state index contributed by atoms with van der Waals surface area (Å²) < 4.78 is 5.25. The maximum atomic E-state index is 11.5. The third-order valence-corrected chi connectivity index (χ3v) is 2.76. The lowest BCUT2D eigenvalue weighted by Crippen LogP contribution is -2.32. The number of carboxylic acids is 1. The molecule has 0 rings (SSSR count). The van der Waals surface area contributed by atoms with Crippen LogP contribution in [0.3, 0.4) is 0 Å². The highest BCUT2D eigenvalue weighted by Crippen LogP contribution is 2.25. The summed E-state index contributed by atoms with van der Waals surface area (Å²) in [4.78, 5) is 21.8. The van der Waals surface area contributed by atoms with Gasteiger partial charge in [0.2, 0.25) is 0 Å². The molecule has 5 nitrogen and oxygen atoms in total. The molecular weight excluding hydrogens is 234 g/mol. The molecule has 0 aliphatic rings. The van der Waals surface area contributed by atoms with E-state index in [-0.39, 0.29) is 18.8 Å². The molecular formula is C13H21NO4. The fourth-order valence-electron chi connectivity index (χ4n) is 1.58. The van der Waals surface area contributed by atoms with E-state index < -0.39 is 17.5 Å². The molecule has 0 saturated carbocycles. The van der Waals surface area contributed by atoms with E-state index in [0.717, 1.165) is 0 Å². The number of hydrogen-bond acceptors (Lipinski definition) is 4. The standard InChI is InChI=1S/C13H21NO4/c1-4-10(13(2,3)9-14)18-12(17)8-6-5-7-11(15)16/h10H,4-8H2,1-3H3,(H,15,16). The van der Waals surface area contributed by atoms with E-state index in [4.69, 9.17) is 15.1 Å². The fraction of sp³-hybridized carbons (Fsp3) is 0.769. The quantitative estimate of drug-likeness (QED) is 0.532. The first-order valence-electron chi connectivity index (χ1n) is 6.16. The second-order valence-electron chi connectivity index (χ2n) is 4.82. The lowest BCUT2D eigenvalue weighted by atomic mass is 9.87. The van der Waals surface area contributed by atoms with Crippen molar-refractivity contribution in [2.45, 2.75) is 59.0 Å². The molecule has 0 aromatic carbocycles. The maximum absolute atomic E-state index is 11.5. The van der Waals surface area contributed by atoms with Gasteiger partial charge in [0.25, 0.3) is 0 Å². The molecule has 0 aromatic heterocycles. The molecule has 1 N–H and O–H groups in total. The zero-order valence-corrected chi connectivity index (χ0v) is 11.2. The van der Waals surface area contributed by atoms with Crippen molar-refractivity contribution >= 4 is 11.9 Å². The van der Waals surface area contributed by atoms with Gasteiger partial charge in [-0.2, -0.15) is 5.26 Å². The molecule has 0 spiro atoms. The number of carbonyl (C=O) groups is 2. The summed E-state index contributed by atoms with van der Waals surface area (Å²) >= 11 is 0. The molecule has 1 atom stereocenters. The second-order valence-corrected chi connectivity index (χ2v) is 4.82. The van der Waals surface area contributed by atoms with Gasteiger partial charge in [0.05, 0.1) is 11.5 Å². The van der Waals surface area contributed by atoms with Gasteiger partial charge in [-0.25, -0.2) is 0 Å². The Balaban J connectivity index is 4.07. The van der Waals surface area contributed by atoms with Crippen LogP contribution in [0, 0.1) is 16.7 Å². The van der Waals surface area contributed by atoms with E-state index in [1.54, 1.807) is 13.8 Å². The molecule has 0 saturated heterocycles. The van der Waals surface area contributed by atoms with Crippen LogP contribution in [-0.2, 0) is 14.3 Å². The highest BCUT2D eigenvalue weighted by atomic mass is 16.5. The first-order valence-corrected chi connectivity index (χ1v) is 6.16. The van der Waals surface area contributed by atoms with Crippen LogP contribution >= 0.6 is 0 Å². The second kappa shape index (κ2) is 7.70. The van der Waals surface area contributed by atoms with Crippen molar-refractivity contribution in [3.8, 4) is 6.07 Å². The Morgan fingerprint density at radius 2 is 1.89 bits per heavy atom. The van der Waals surface area contributed by atoms with Crippen molar-refractivity contribution in [2.75, 3.05) is 0 Å². The maximum Gasteiger partial charge on any atom is 0.306 e. The molecule has 0 bridgehead atoms. The number of nitriles is 1. The van der Waals surface area contributed by atoms with Gasteiger partial charge in [0.15, 0.2) is 0 Å². The number of nitrogens with zero attached hydrogens (tertiary/aromatic N) is 1. The van der Waals surface area contributed by atoms with Crippen LogP contribution in [0.15, 0.2) is 0 Å². The third kappa shape index (κ3) is 6.24. The van der Waals surface area contributed by atoms with E-state index in [1.165, 1.54) is 0 Å². The molecule has 0 aromatic rings. The van der Waals surface area contributed by atoms with E-state index >= 15 is 0 Å². The minimum absolute atomic E-state index is 0.0637. The Morgan fingerprint density at radius 1 is 1.33 bits per heavy atom. The van der Waals surface area contributed by atoms with Gasteiger partial charge in [-0.15, -0.1) is 0 Å². The highest BCUT2D eigenvalue weighted by Gasteiger charge is 2.31. The van der Waals surface area contributed by atoms with Crippen molar-refractivity contribution in [3.63, 3.8) is 0 Å². The van der Waals surface area contributed by atoms with Crippen molar-refractivity contribution in [1.82, 2.24) is 0 Å². The van der Waals surface area contributed by atoms with Gasteiger partial charge in [0, 0.05) is 12.8 Å². The van der Waals surface area contributed by atoms with Crippen molar-refractivity contribution in [1.29, 1.82) is 5.26 Å².